The van der Waals surface area contributed by atoms with E-state index in [2.05, 4.69) is 70.8 Å². The molecule has 0 saturated heterocycles. The second-order valence-corrected chi connectivity index (χ2v) is 11.7. The molecule has 0 aliphatic carbocycles. The number of urea groups is 1. The monoisotopic (exact) mass is 615 g/mol. The van der Waals surface area contributed by atoms with Crippen molar-refractivity contribution in [3.63, 3.8) is 0 Å². The van der Waals surface area contributed by atoms with Crippen molar-refractivity contribution in [1.29, 1.82) is 0 Å². The standard InChI is InChI=1S/C34H41N5O6/c1-9-44-32(41)30-21(3)36-33(42)37-31(30)23-10-15-27(28(17-23)43-8)45-19-29(40)38-35-18-24-16-20(2)39(22(24)4)26-13-11-25(12-14-26)34(5,6)7/h10-18,31H,9,19H2,1-8H3,(H,38,40)(H2,36,37,42)/b35-18-/t31-/m1/s1. The minimum atomic E-state index is -0.761. The minimum Gasteiger partial charge on any atom is -0.493 e. The summed E-state index contributed by atoms with van der Waals surface area (Å²) < 4.78 is 18.5. The molecule has 238 valence electrons. The van der Waals surface area contributed by atoms with Crippen LogP contribution in [0.4, 0.5) is 4.79 Å². The maximum Gasteiger partial charge on any atom is 0.338 e. The summed E-state index contributed by atoms with van der Waals surface area (Å²) >= 11 is 0. The molecule has 0 saturated carbocycles. The molecule has 3 aromatic rings. The SMILES string of the molecule is CCOC(=O)C1=C(C)NC(=O)N[C@@H]1c1ccc(OCC(=O)N/N=C\c2cc(C)n(-c3ccc(C(C)(C)C)cc3)c2C)c(OC)c1. The molecule has 1 aliphatic rings. The first-order valence-corrected chi connectivity index (χ1v) is 14.7. The molecule has 11 heteroatoms. The highest BCUT2D eigenvalue weighted by molar-refractivity contribution is 5.95. The number of nitrogens with one attached hydrogen (secondary N) is 3. The lowest BCUT2D eigenvalue weighted by Gasteiger charge is -2.28. The number of benzene rings is 2. The van der Waals surface area contributed by atoms with Crippen LogP contribution in [0.3, 0.4) is 0 Å². The Morgan fingerprint density at radius 2 is 1.76 bits per heavy atom. The summed E-state index contributed by atoms with van der Waals surface area (Å²) in [5, 5.41) is 9.49. The molecule has 0 radical (unpaired) electrons. The van der Waals surface area contributed by atoms with Gasteiger partial charge in [-0.15, -0.1) is 0 Å². The van der Waals surface area contributed by atoms with Gasteiger partial charge in [0.05, 0.1) is 31.5 Å². The van der Waals surface area contributed by atoms with Crippen LogP contribution >= 0.6 is 0 Å². The summed E-state index contributed by atoms with van der Waals surface area (Å²) in [6.07, 6.45) is 1.61. The van der Waals surface area contributed by atoms with Crippen molar-refractivity contribution in [3.8, 4) is 17.2 Å². The molecule has 4 rings (SSSR count). The zero-order valence-electron chi connectivity index (χ0n) is 27.0. The lowest BCUT2D eigenvalue weighted by atomic mass is 9.87. The summed E-state index contributed by atoms with van der Waals surface area (Å²) in [5.41, 5.74) is 9.08. The molecule has 3 N–H and O–H groups in total. The Labute approximate surface area is 263 Å². The van der Waals surface area contributed by atoms with Crippen LogP contribution in [0.5, 0.6) is 11.5 Å². The molecule has 1 aromatic heterocycles. The van der Waals surface area contributed by atoms with E-state index < -0.39 is 23.9 Å². The van der Waals surface area contributed by atoms with Gasteiger partial charge in [0.15, 0.2) is 18.1 Å². The molecule has 0 bridgehead atoms. The van der Waals surface area contributed by atoms with Crippen molar-refractivity contribution in [2.24, 2.45) is 5.10 Å². The average Bonchev–Trinajstić information content (AvgIpc) is 3.27. The van der Waals surface area contributed by atoms with Gasteiger partial charge in [-0.2, -0.15) is 5.10 Å². The molecule has 1 atom stereocenters. The first kappa shape index (κ1) is 32.8. The van der Waals surface area contributed by atoms with Gasteiger partial charge in [-0.1, -0.05) is 39.0 Å². The highest BCUT2D eigenvalue weighted by atomic mass is 16.5. The van der Waals surface area contributed by atoms with Crippen LogP contribution in [0.25, 0.3) is 5.69 Å². The van der Waals surface area contributed by atoms with Gasteiger partial charge >= 0.3 is 12.0 Å². The third kappa shape index (κ3) is 7.54. The number of nitrogens with zero attached hydrogens (tertiary/aromatic N) is 2. The number of amides is 3. The molecule has 0 fully saturated rings. The third-order valence-corrected chi connectivity index (χ3v) is 7.50. The molecular weight excluding hydrogens is 574 g/mol. The van der Waals surface area contributed by atoms with Crippen molar-refractivity contribution < 1.29 is 28.6 Å². The number of rotatable bonds is 10. The van der Waals surface area contributed by atoms with E-state index in [1.165, 1.54) is 12.7 Å². The number of aryl methyl sites for hydroxylation is 1. The summed E-state index contributed by atoms with van der Waals surface area (Å²) in [7, 11) is 1.46. The van der Waals surface area contributed by atoms with Gasteiger partial charge < -0.3 is 29.4 Å². The van der Waals surface area contributed by atoms with Crippen molar-refractivity contribution in [2.45, 2.75) is 59.9 Å². The number of aromatic nitrogens is 1. The van der Waals surface area contributed by atoms with Crippen LogP contribution in [-0.2, 0) is 19.7 Å². The van der Waals surface area contributed by atoms with Crippen molar-refractivity contribution in [3.05, 3.63) is 87.9 Å². The van der Waals surface area contributed by atoms with Gasteiger partial charge in [-0.3, -0.25) is 4.79 Å². The number of carbonyl (C=O) groups is 3. The van der Waals surface area contributed by atoms with E-state index >= 15 is 0 Å². The molecule has 3 amide bonds. The lowest BCUT2D eigenvalue weighted by molar-refractivity contribution is -0.139. The van der Waals surface area contributed by atoms with Crippen molar-refractivity contribution in [2.75, 3.05) is 20.3 Å². The van der Waals surface area contributed by atoms with Crippen LogP contribution in [0.15, 0.2) is 64.9 Å². The van der Waals surface area contributed by atoms with Gasteiger partial charge in [0, 0.05) is 28.3 Å². The molecule has 1 aliphatic heterocycles. The molecule has 2 aromatic carbocycles. The number of hydrogen-bond donors (Lipinski definition) is 3. The van der Waals surface area contributed by atoms with Crippen LogP contribution in [0, 0.1) is 13.8 Å². The third-order valence-electron chi connectivity index (χ3n) is 7.50. The number of allylic oxidation sites excluding steroid dienone is 1. The predicted molar refractivity (Wildman–Crippen MR) is 172 cm³/mol. The topological polar surface area (TPSA) is 132 Å². The molecule has 11 nitrogen and oxygen atoms in total. The number of esters is 1. The average molecular weight is 616 g/mol. The van der Waals surface area contributed by atoms with E-state index in [0.29, 0.717) is 22.8 Å². The zero-order chi connectivity index (χ0) is 32.9. The zero-order valence-corrected chi connectivity index (χ0v) is 27.0. The second-order valence-electron chi connectivity index (χ2n) is 11.7. The summed E-state index contributed by atoms with van der Waals surface area (Å²) in [4.78, 5) is 37.4. The Bertz CT molecular complexity index is 1650. The van der Waals surface area contributed by atoms with E-state index in [1.807, 2.05) is 19.9 Å². The highest BCUT2D eigenvalue weighted by Crippen LogP contribution is 2.34. The van der Waals surface area contributed by atoms with Crippen LogP contribution in [0.1, 0.15) is 68.7 Å². The van der Waals surface area contributed by atoms with Gasteiger partial charge in [0.2, 0.25) is 0 Å². The number of methoxy groups -OCH3 is 1. The highest BCUT2D eigenvalue weighted by Gasteiger charge is 2.32. The Hall–Kier alpha value is -5.06. The van der Waals surface area contributed by atoms with Gasteiger partial charge in [0.1, 0.15) is 0 Å². The summed E-state index contributed by atoms with van der Waals surface area (Å²) in [6, 6.07) is 14.3. The second kappa shape index (κ2) is 13.7. The number of carbonyl (C=O) groups excluding carboxylic acids is 3. The molecule has 2 heterocycles. The normalized spacial score (nSPS) is 15.0. The van der Waals surface area contributed by atoms with Crippen molar-refractivity contribution >= 4 is 24.1 Å². The van der Waals surface area contributed by atoms with E-state index in [1.54, 1.807) is 38.3 Å². The van der Waals surface area contributed by atoms with E-state index in [4.69, 9.17) is 14.2 Å². The lowest BCUT2D eigenvalue weighted by Crippen LogP contribution is -2.45. The van der Waals surface area contributed by atoms with Gasteiger partial charge in [-0.05, 0) is 74.6 Å². The van der Waals surface area contributed by atoms with Crippen LogP contribution < -0.4 is 25.5 Å². The smallest absolute Gasteiger partial charge is 0.338 e. The Morgan fingerprint density at radius 1 is 1.04 bits per heavy atom. The maximum absolute atomic E-state index is 12.6. The number of hydrogen-bond acceptors (Lipinski definition) is 7. The molecule has 45 heavy (non-hydrogen) atoms. The van der Waals surface area contributed by atoms with E-state index in [-0.39, 0.29) is 24.2 Å². The van der Waals surface area contributed by atoms with Crippen LogP contribution in [0.2, 0.25) is 0 Å². The summed E-state index contributed by atoms with van der Waals surface area (Å²) in [6.45, 7) is 13.8. The van der Waals surface area contributed by atoms with Gasteiger partial charge in [-0.25, -0.2) is 15.0 Å². The summed E-state index contributed by atoms with van der Waals surface area (Å²) in [5.74, 6) is -0.376. The molecule has 0 unspecified atom stereocenters. The predicted octanol–water partition coefficient (Wildman–Crippen LogP) is 5.12. The van der Waals surface area contributed by atoms with Crippen LogP contribution in [-0.4, -0.2) is 49.0 Å². The van der Waals surface area contributed by atoms with E-state index in [9.17, 15) is 14.4 Å². The molecule has 0 spiro atoms. The first-order chi connectivity index (χ1) is 21.3. The van der Waals surface area contributed by atoms with Gasteiger partial charge in [0.25, 0.3) is 5.91 Å². The Kier molecular flexibility index (Phi) is 10.0. The fourth-order valence-electron chi connectivity index (χ4n) is 5.18. The molecular formula is C34H41N5O6. The first-order valence-electron chi connectivity index (χ1n) is 14.7. The fraction of sp³-hybridized carbons (Fsp3) is 0.353. The minimum absolute atomic E-state index is 0.0752. The van der Waals surface area contributed by atoms with Crippen molar-refractivity contribution in [1.82, 2.24) is 20.6 Å². The number of ether oxygens (including phenoxy) is 3. The largest absolute Gasteiger partial charge is 0.493 e. The Morgan fingerprint density at radius 3 is 2.40 bits per heavy atom. The fourth-order valence-corrected chi connectivity index (χ4v) is 5.18. The van der Waals surface area contributed by atoms with E-state index in [0.717, 1.165) is 22.6 Å². The Balaban J connectivity index is 1.41. The number of hydrazone groups is 1. The quantitative estimate of drug-likeness (QED) is 0.165. The maximum atomic E-state index is 12.6.